The molecule has 1 unspecified atom stereocenters. The van der Waals surface area contributed by atoms with Gasteiger partial charge in [-0.2, -0.15) is 0 Å². The van der Waals surface area contributed by atoms with E-state index in [2.05, 4.69) is 6.08 Å². The number of rotatable bonds is 2. The molecule has 2 heteroatoms. The van der Waals surface area contributed by atoms with Crippen LogP contribution in [-0.2, 0) is 4.79 Å². The van der Waals surface area contributed by atoms with Gasteiger partial charge in [-0.15, -0.1) is 0 Å². The van der Waals surface area contributed by atoms with E-state index in [0.29, 0.717) is 11.7 Å². The maximum atomic E-state index is 12.8. The molecule has 112 valence electrons. The van der Waals surface area contributed by atoms with Crippen molar-refractivity contribution in [2.24, 2.45) is 11.8 Å². The summed E-state index contributed by atoms with van der Waals surface area (Å²) < 4.78 is 0. The lowest BCUT2D eigenvalue weighted by molar-refractivity contribution is -0.122. The monoisotopic (exact) mass is 302 g/mol. The Morgan fingerprint density at radius 1 is 0.952 bits per heavy atom. The molecule has 3 rings (SSSR count). The zero-order valence-corrected chi connectivity index (χ0v) is 13.2. The van der Waals surface area contributed by atoms with E-state index in [0.717, 1.165) is 35.4 Å². The standard InChI is InChI=1S/C19H23ClO/c20-17-11-9-14(10-12-17)13-16-7-4-8-18(19(16)21)15-5-2-1-3-6-15/h9-13,15,18H,1-8H2. The third kappa shape index (κ3) is 3.58. The average Bonchev–Trinajstić information content (AvgIpc) is 2.52. The van der Waals surface area contributed by atoms with Crippen molar-refractivity contribution in [2.45, 2.75) is 51.4 Å². The summed E-state index contributed by atoms with van der Waals surface area (Å²) in [6, 6.07) is 7.76. The van der Waals surface area contributed by atoms with Crippen LogP contribution < -0.4 is 0 Å². The number of allylic oxidation sites excluding steroid dienone is 1. The lowest BCUT2D eigenvalue weighted by Gasteiger charge is -2.32. The van der Waals surface area contributed by atoms with Crippen LogP contribution in [0.3, 0.4) is 0 Å². The number of hydrogen-bond acceptors (Lipinski definition) is 1. The molecule has 0 bridgehead atoms. The predicted octanol–water partition coefficient (Wildman–Crippen LogP) is 5.67. The van der Waals surface area contributed by atoms with Crippen LogP contribution in [0.5, 0.6) is 0 Å². The van der Waals surface area contributed by atoms with Crippen molar-refractivity contribution in [3.63, 3.8) is 0 Å². The second kappa shape index (κ2) is 6.79. The Morgan fingerprint density at radius 3 is 2.38 bits per heavy atom. The Labute approximate surface area is 132 Å². The molecule has 0 N–H and O–H groups in total. The minimum atomic E-state index is 0.289. The Balaban J connectivity index is 1.76. The smallest absolute Gasteiger partial charge is 0.162 e. The molecule has 2 aliphatic carbocycles. The maximum absolute atomic E-state index is 12.8. The molecule has 0 aliphatic heterocycles. The van der Waals surface area contributed by atoms with Crippen molar-refractivity contribution in [3.8, 4) is 0 Å². The molecule has 0 aromatic heterocycles. The zero-order valence-electron chi connectivity index (χ0n) is 12.5. The van der Waals surface area contributed by atoms with Gasteiger partial charge in [-0.05, 0) is 67.4 Å². The van der Waals surface area contributed by atoms with Gasteiger partial charge in [-0.1, -0.05) is 43.0 Å². The fourth-order valence-corrected chi connectivity index (χ4v) is 4.02. The molecule has 2 saturated carbocycles. The Hall–Kier alpha value is -1.08. The molecule has 2 fully saturated rings. The van der Waals surface area contributed by atoms with Crippen molar-refractivity contribution in [3.05, 3.63) is 40.4 Å². The van der Waals surface area contributed by atoms with Gasteiger partial charge in [0.15, 0.2) is 5.78 Å². The first-order chi connectivity index (χ1) is 10.2. The van der Waals surface area contributed by atoms with E-state index in [9.17, 15) is 4.79 Å². The minimum Gasteiger partial charge on any atom is -0.294 e. The number of ketones is 1. The van der Waals surface area contributed by atoms with Crippen molar-refractivity contribution in [1.29, 1.82) is 0 Å². The SMILES string of the molecule is O=C1C(=Cc2ccc(Cl)cc2)CCCC1C1CCCCC1. The van der Waals surface area contributed by atoms with Crippen LogP contribution in [0.15, 0.2) is 29.8 Å². The first-order valence-electron chi connectivity index (χ1n) is 8.24. The number of carbonyl (C=O) groups is 1. The Bertz CT molecular complexity index is 523. The van der Waals surface area contributed by atoms with Gasteiger partial charge < -0.3 is 0 Å². The molecule has 0 radical (unpaired) electrons. The van der Waals surface area contributed by atoms with Crippen LogP contribution >= 0.6 is 11.6 Å². The zero-order chi connectivity index (χ0) is 14.7. The summed E-state index contributed by atoms with van der Waals surface area (Å²) >= 11 is 5.92. The lowest BCUT2D eigenvalue weighted by atomic mass is 9.71. The summed E-state index contributed by atoms with van der Waals surface area (Å²) in [6.45, 7) is 0. The van der Waals surface area contributed by atoms with Crippen molar-refractivity contribution < 1.29 is 4.79 Å². The second-order valence-electron chi connectivity index (χ2n) is 6.48. The van der Waals surface area contributed by atoms with E-state index in [1.165, 1.54) is 32.1 Å². The molecule has 21 heavy (non-hydrogen) atoms. The van der Waals surface area contributed by atoms with Crippen molar-refractivity contribution in [1.82, 2.24) is 0 Å². The van der Waals surface area contributed by atoms with E-state index in [-0.39, 0.29) is 5.92 Å². The fraction of sp³-hybridized carbons (Fsp3) is 0.526. The quantitative estimate of drug-likeness (QED) is 0.643. The summed E-state index contributed by atoms with van der Waals surface area (Å²) in [5.41, 5.74) is 2.12. The molecule has 1 aromatic rings. The number of halogens is 1. The largest absolute Gasteiger partial charge is 0.294 e. The van der Waals surface area contributed by atoms with Gasteiger partial charge in [-0.3, -0.25) is 4.79 Å². The molecule has 1 nitrogen and oxygen atoms in total. The first kappa shape index (κ1) is 14.8. The van der Waals surface area contributed by atoms with Crippen LogP contribution in [0.4, 0.5) is 0 Å². The second-order valence-corrected chi connectivity index (χ2v) is 6.92. The van der Waals surface area contributed by atoms with Gasteiger partial charge in [-0.25, -0.2) is 0 Å². The molecule has 0 heterocycles. The minimum absolute atomic E-state index is 0.289. The van der Waals surface area contributed by atoms with Gasteiger partial charge in [0.2, 0.25) is 0 Å². The van der Waals surface area contributed by atoms with Crippen LogP contribution in [0.1, 0.15) is 56.9 Å². The summed E-state index contributed by atoms with van der Waals surface area (Å²) in [7, 11) is 0. The highest BCUT2D eigenvalue weighted by Gasteiger charge is 2.33. The Kier molecular flexibility index (Phi) is 4.80. The van der Waals surface area contributed by atoms with E-state index < -0.39 is 0 Å². The molecule has 2 aliphatic rings. The topological polar surface area (TPSA) is 17.1 Å². The summed E-state index contributed by atoms with van der Waals surface area (Å²) in [4.78, 5) is 12.8. The maximum Gasteiger partial charge on any atom is 0.162 e. The molecular formula is C19H23ClO. The third-order valence-electron chi connectivity index (χ3n) is 5.04. The normalized spacial score (nSPS) is 26.2. The van der Waals surface area contributed by atoms with Crippen LogP contribution in [0.25, 0.3) is 6.08 Å². The molecule has 0 amide bonds. The van der Waals surface area contributed by atoms with E-state index in [1.807, 2.05) is 24.3 Å². The predicted molar refractivity (Wildman–Crippen MR) is 88.4 cm³/mol. The molecular weight excluding hydrogens is 280 g/mol. The third-order valence-corrected chi connectivity index (χ3v) is 5.30. The van der Waals surface area contributed by atoms with Gasteiger partial charge in [0.1, 0.15) is 0 Å². The molecule has 1 atom stereocenters. The summed E-state index contributed by atoms with van der Waals surface area (Å²) in [6.07, 6.45) is 11.8. The highest BCUT2D eigenvalue weighted by molar-refractivity contribution is 6.30. The fourth-order valence-electron chi connectivity index (χ4n) is 3.89. The summed E-state index contributed by atoms with van der Waals surface area (Å²) in [5, 5.41) is 0.743. The van der Waals surface area contributed by atoms with Crippen molar-refractivity contribution in [2.75, 3.05) is 0 Å². The number of hydrogen-bond donors (Lipinski definition) is 0. The lowest BCUT2D eigenvalue weighted by Crippen LogP contribution is -2.30. The van der Waals surface area contributed by atoms with Gasteiger partial charge in [0.25, 0.3) is 0 Å². The number of carbonyl (C=O) groups excluding carboxylic acids is 1. The van der Waals surface area contributed by atoms with E-state index in [1.54, 1.807) is 0 Å². The van der Waals surface area contributed by atoms with Gasteiger partial charge >= 0.3 is 0 Å². The molecule has 0 saturated heterocycles. The molecule has 0 spiro atoms. The van der Waals surface area contributed by atoms with Gasteiger partial charge in [0, 0.05) is 10.9 Å². The number of Topliss-reactive ketones (excluding diaryl/α,β-unsaturated/α-hetero) is 1. The van der Waals surface area contributed by atoms with Gasteiger partial charge in [0.05, 0.1) is 0 Å². The van der Waals surface area contributed by atoms with Crippen molar-refractivity contribution >= 4 is 23.5 Å². The summed E-state index contributed by atoms with van der Waals surface area (Å²) in [5.74, 6) is 1.35. The highest BCUT2D eigenvalue weighted by Crippen LogP contribution is 2.38. The van der Waals surface area contributed by atoms with E-state index in [4.69, 9.17) is 11.6 Å². The number of benzene rings is 1. The molecule has 1 aromatic carbocycles. The Morgan fingerprint density at radius 2 is 1.67 bits per heavy atom. The first-order valence-corrected chi connectivity index (χ1v) is 8.62. The van der Waals surface area contributed by atoms with E-state index >= 15 is 0 Å². The van der Waals surface area contributed by atoms with Crippen LogP contribution in [0, 0.1) is 11.8 Å². The van der Waals surface area contributed by atoms with Crippen LogP contribution in [-0.4, -0.2) is 5.78 Å². The average molecular weight is 303 g/mol. The highest BCUT2D eigenvalue weighted by atomic mass is 35.5. The van der Waals surface area contributed by atoms with Crippen LogP contribution in [0.2, 0.25) is 5.02 Å².